The van der Waals surface area contributed by atoms with Gasteiger partial charge in [-0.3, -0.25) is 5.56 Å². The molecule has 4 N–H and O–H groups in total. The van der Waals surface area contributed by atoms with Crippen molar-refractivity contribution in [3.8, 4) is 0 Å². The van der Waals surface area contributed by atoms with Crippen molar-refractivity contribution < 1.29 is 58.4 Å². The van der Waals surface area contributed by atoms with Gasteiger partial charge in [-0.25, -0.2) is 12.1 Å². The molecule has 4 heterocycles. The van der Waals surface area contributed by atoms with Gasteiger partial charge in [0.2, 0.25) is 0 Å². The first-order valence-corrected chi connectivity index (χ1v) is 52.3. The number of benzene rings is 8. The molecule has 6 saturated carbocycles. The first kappa shape index (κ1) is 103. The van der Waals surface area contributed by atoms with Crippen molar-refractivity contribution in [2.45, 2.75) is 260 Å². The Balaban J connectivity index is 0.000000225. The molecule has 6 aliphatic carbocycles. The fourth-order valence-electron chi connectivity index (χ4n) is 19.2. The zero-order chi connectivity index (χ0) is 82.1. The van der Waals surface area contributed by atoms with Crippen molar-refractivity contribution in [1.82, 2.24) is 62.2 Å². The molecule has 6 fully saturated rings. The number of hydrogen-bond acceptors (Lipinski definition) is 12. The summed E-state index contributed by atoms with van der Waals surface area (Å²) in [5.74, 6) is 0. The summed E-state index contributed by atoms with van der Waals surface area (Å²) in [6.45, 7) is 3.16. The van der Waals surface area contributed by atoms with Gasteiger partial charge in [0.1, 0.15) is 0 Å². The fourth-order valence-corrected chi connectivity index (χ4v) is 29.6. The third kappa shape index (κ3) is 33.2. The van der Waals surface area contributed by atoms with E-state index in [-0.39, 0.29) is 61.9 Å². The van der Waals surface area contributed by atoms with E-state index in [0.717, 1.165) is 71.2 Å². The Morgan fingerprint density at radius 1 is 0.303 bits per heavy atom. The number of nitrogens with one attached hydrogen (secondary N) is 4. The minimum atomic E-state index is -0.0465. The molecule has 0 saturated heterocycles. The van der Waals surface area contributed by atoms with Crippen LogP contribution < -0.4 is 22.1 Å². The molecule has 10 aliphatic rings. The zero-order valence-corrected chi connectivity index (χ0v) is 81.5. The Morgan fingerprint density at radius 2 is 0.492 bits per heavy atom. The van der Waals surface area contributed by atoms with Gasteiger partial charge in [0.15, 0.2) is 0 Å². The maximum absolute atomic E-state index is 4.61. The van der Waals surface area contributed by atoms with E-state index in [0.29, 0.717) is 0 Å². The van der Waals surface area contributed by atoms with Gasteiger partial charge in [-0.15, -0.1) is 77.8 Å². The SMILES string of the molecule is C.C1CCC([PH+](C2CCCCC2)C2CCCCC2)CC1.C1CCC([PH+](C2CCCCC2)C2CCCCC2)CC1.CN1NN(Cc2ccccc2)[C-]=C1c1[c-]cccc1.CN1NN(Cc2ccccc2)[C-]=C1c1ccccc1.CN1NN(Cc2ccccc2)[C-]=C1c1ccccc1.CN1NN(Cc2ccccc2)[C-]=C1c1ccccc1.[Ag].[CH3-].[CH3-].[Cl][Ru+3].[Cl][RuH+2].[HH]. The molecule has 0 atom stereocenters. The molecular formula is C103H144AgCl2N12P2Ru2. The van der Waals surface area contributed by atoms with Crippen LogP contribution in [0.3, 0.4) is 0 Å². The van der Waals surface area contributed by atoms with Crippen molar-refractivity contribution in [3.05, 3.63) is 327 Å². The maximum Gasteiger partial charge on any atom is 0 e. The van der Waals surface area contributed by atoms with Gasteiger partial charge in [-0.1, -0.05) is 239 Å². The van der Waals surface area contributed by atoms with E-state index in [1.165, 1.54) is 56.2 Å². The zero-order valence-electron chi connectivity index (χ0n) is 72.9. The predicted molar refractivity (Wildman–Crippen MR) is 515 cm³/mol. The summed E-state index contributed by atoms with van der Waals surface area (Å²) in [4.78, 5) is 0. The number of hydrazine groups is 8. The molecule has 8 aromatic rings. The quantitative estimate of drug-likeness (QED) is 0.0376. The van der Waals surface area contributed by atoms with Crippen molar-refractivity contribution in [2.24, 2.45) is 0 Å². The van der Waals surface area contributed by atoms with Crippen LogP contribution >= 0.6 is 35.2 Å². The summed E-state index contributed by atoms with van der Waals surface area (Å²) >= 11 is 3.44. The summed E-state index contributed by atoms with van der Waals surface area (Å²) in [6.07, 6.45) is 61.0. The normalized spacial score (nSPS) is 18.2. The van der Waals surface area contributed by atoms with E-state index >= 15 is 0 Å². The molecular weight excluding hydrogens is 1850 g/mol. The van der Waals surface area contributed by atoms with Crippen LogP contribution in [0.15, 0.2) is 237 Å². The molecule has 18 rings (SSSR count). The molecule has 8 aromatic carbocycles. The molecule has 19 heteroatoms. The van der Waals surface area contributed by atoms with Crippen molar-refractivity contribution in [3.63, 3.8) is 0 Å². The van der Waals surface area contributed by atoms with E-state index in [1.54, 1.807) is 210 Å². The van der Waals surface area contributed by atoms with E-state index in [4.69, 9.17) is 0 Å². The van der Waals surface area contributed by atoms with Crippen molar-refractivity contribution >= 4 is 58.0 Å². The number of nitrogens with zero attached hydrogens (tertiary/aromatic N) is 8. The average Bonchev–Trinajstić information content (AvgIpc) is 1.77. The number of rotatable bonds is 18. The summed E-state index contributed by atoms with van der Waals surface area (Å²) < 4.78 is 0. The largest absolute Gasteiger partial charge is 0 e. The predicted octanol–water partition coefficient (Wildman–Crippen LogP) is 25.7. The minimum absolute atomic E-state index is 0. The van der Waals surface area contributed by atoms with Crippen LogP contribution in [-0.4, -0.2) is 102 Å². The van der Waals surface area contributed by atoms with E-state index in [2.05, 4.69) is 194 Å². The fraction of sp³-hybridized carbons (Fsp3) is 0.437. The summed E-state index contributed by atoms with van der Waals surface area (Å²) in [7, 11) is 17.1. The first-order chi connectivity index (χ1) is 58.2. The van der Waals surface area contributed by atoms with Crippen molar-refractivity contribution in [2.75, 3.05) is 28.2 Å². The molecule has 0 bridgehead atoms. The molecule has 4 aliphatic heterocycles. The van der Waals surface area contributed by atoms with Crippen LogP contribution in [0.5, 0.6) is 0 Å². The van der Waals surface area contributed by atoms with Gasteiger partial charge in [-0.2, -0.15) is 46.2 Å². The van der Waals surface area contributed by atoms with Crippen LogP contribution in [0.1, 0.15) is 246 Å². The average molecular weight is 1990 g/mol. The topological polar surface area (TPSA) is 74.0 Å². The summed E-state index contributed by atoms with van der Waals surface area (Å²) in [5, 5.41) is 15.8. The van der Waals surface area contributed by atoms with E-state index in [9.17, 15) is 0 Å². The monoisotopic (exact) mass is 1990 g/mol. The molecule has 0 amide bonds. The maximum atomic E-state index is 4.61. The van der Waals surface area contributed by atoms with Gasteiger partial charge in [0.05, 0.1) is 34.0 Å². The molecule has 1 radical (unpaired) electrons. The van der Waals surface area contributed by atoms with Gasteiger partial charge in [0.25, 0.3) is 0 Å². The molecule has 122 heavy (non-hydrogen) atoms. The van der Waals surface area contributed by atoms with E-state index < -0.39 is 0 Å². The van der Waals surface area contributed by atoms with E-state index in [1.807, 2.05) is 201 Å². The Kier molecular flexibility index (Phi) is 49.8. The third-order valence-corrected chi connectivity index (χ3v) is 33.8. The van der Waals surface area contributed by atoms with Crippen LogP contribution in [0.25, 0.3) is 22.8 Å². The van der Waals surface area contributed by atoms with Gasteiger partial charge < -0.3 is 54.9 Å². The van der Waals surface area contributed by atoms with Gasteiger partial charge in [0, 0.05) is 94.0 Å². The Bertz CT molecular complexity index is 3580. The second kappa shape index (κ2) is 58.7. The standard InChI is InChI=1S/2C18H33P.3C16H16N3.C16H15N3.CH4.2CH3.Ag.2ClH.2Ru.H2.H/c2*1-4-10-16(11-5-1)19(17-12-6-2-7-13-17)18-14-8-3-9-15-18;4*1-18-16(15-10-6-3-7-11-15)13-19(17-18)12-14-8-4-2-5-9-14;;;;;;;;;;/h2*16-18H,1-15H2;3*2-11,17H,12H2,1H3;2-10,17H,12H2,1H3;1H4;2*1H3;;2*1H;;;1H;/q;;3*-1;-2;;2*-1;;;;+3;+4;;. The number of hydrogen-bond donors (Lipinski definition) is 4. The summed E-state index contributed by atoms with van der Waals surface area (Å²) in [6, 6.07) is 83.4. The third-order valence-electron chi connectivity index (χ3n) is 24.7. The van der Waals surface area contributed by atoms with Crippen LogP contribution in [0.4, 0.5) is 0 Å². The van der Waals surface area contributed by atoms with Gasteiger partial charge in [-0.05, 0) is 176 Å². The summed E-state index contributed by atoms with van der Waals surface area (Å²) in [5.41, 5.74) is 34.1. The minimum Gasteiger partial charge on any atom is 0 e. The molecule has 0 spiro atoms. The van der Waals surface area contributed by atoms with Gasteiger partial charge >= 0.3 is 54.0 Å². The Hall–Kier alpha value is -5.61. The first-order valence-electron chi connectivity index (χ1n) is 44.2. The smallest absolute Gasteiger partial charge is 0 e. The molecule has 667 valence electrons. The van der Waals surface area contributed by atoms with Crippen molar-refractivity contribution in [1.29, 1.82) is 0 Å². The van der Waals surface area contributed by atoms with Crippen LogP contribution in [0, 0.1) is 45.7 Å². The van der Waals surface area contributed by atoms with Crippen LogP contribution in [0.2, 0.25) is 0 Å². The Labute approximate surface area is 787 Å². The number of halogens is 2. The Morgan fingerprint density at radius 3 is 0.697 bits per heavy atom. The van der Waals surface area contributed by atoms with Crippen LogP contribution in [-0.2, 0) is 83.2 Å². The molecule has 12 nitrogen and oxygen atoms in total. The molecule has 0 aromatic heterocycles. The second-order valence-corrected chi connectivity index (χ2v) is 40.0. The molecule has 0 unspecified atom stereocenters. The second-order valence-electron chi connectivity index (χ2n) is 33.1.